The van der Waals surface area contributed by atoms with Crippen molar-refractivity contribution in [1.82, 2.24) is 24.5 Å². The number of imidazole rings is 1. The van der Waals surface area contributed by atoms with Gasteiger partial charge in [-0.05, 0) is 29.2 Å². The summed E-state index contributed by atoms with van der Waals surface area (Å²) in [6, 6.07) is 4.94. The summed E-state index contributed by atoms with van der Waals surface area (Å²) in [5, 5.41) is 5.99. The summed E-state index contributed by atoms with van der Waals surface area (Å²) >= 11 is 1.31. The molecule has 1 aliphatic heterocycles. The molecule has 1 aliphatic rings. The molecule has 1 unspecified atom stereocenters. The number of nitrogens with one attached hydrogen (secondary N) is 1. The van der Waals surface area contributed by atoms with E-state index in [1.54, 1.807) is 6.20 Å². The highest BCUT2D eigenvalue weighted by molar-refractivity contribution is 7.03. The fourth-order valence-corrected chi connectivity index (χ4v) is 3.47. The van der Waals surface area contributed by atoms with E-state index >= 15 is 0 Å². The van der Waals surface area contributed by atoms with Crippen LogP contribution in [0, 0.1) is 0 Å². The summed E-state index contributed by atoms with van der Waals surface area (Å²) in [6.07, 6.45) is -2.71. The molecule has 2 aromatic heterocycles. The van der Waals surface area contributed by atoms with Gasteiger partial charge >= 0.3 is 6.18 Å². The summed E-state index contributed by atoms with van der Waals surface area (Å²) in [7, 11) is 0. The molecule has 0 radical (unpaired) electrons. The van der Waals surface area contributed by atoms with Gasteiger partial charge in [0.05, 0.1) is 42.4 Å². The van der Waals surface area contributed by atoms with Crippen LogP contribution in [0.1, 0.15) is 23.1 Å². The average molecular weight is 395 g/mol. The molecule has 4 rings (SSSR count). The number of halogens is 3. The standard InChI is InChI=1S/C17H16F3N5OS/c18-17(19,20)12-3-1-11(2-4-12)14-7-21-16(22-14)15-9-26-6-5-25(15)8-13-10-27-24-23-13/h1-4,7,10,15H,5-6,8-9H2,(H,21,22). The molecule has 1 N–H and O–H groups in total. The highest BCUT2D eigenvalue weighted by Gasteiger charge is 2.30. The molecule has 6 nitrogen and oxygen atoms in total. The maximum Gasteiger partial charge on any atom is 0.416 e. The minimum atomic E-state index is -4.35. The van der Waals surface area contributed by atoms with E-state index in [1.807, 2.05) is 5.38 Å². The Hall–Kier alpha value is -2.30. The van der Waals surface area contributed by atoms with Crippen LogP contribution in [-0.4, -0.2) is 44.2 Å². The second-order valence-corrected chi connectivity index (χ2v) is 6.82. The van der Waals surface area contributed by atoms with Crippen LogP contribution in [0.3, 0.4) is 0 Å². The fraction of sp³-hybridized carbons (Fsp3) is 0.353. The van der Waals surface area contributed by atoms with Crippen molar-refractivity contribution >= 4 is 11.5 Å². The lowest BCUT2D eigenvalue weighted by atomic mass is 10.1. The van der Waals surface area contributed by atoms with Gasteiger partial charge in [-0.2, -0.15) is 13.2 Å². The zero-order valence-electron chi connectivity index (χ0n) is 14.1. The Morgan fingerprint density at radius 2 is 2.07 bits per heavy atom. The van der Waals surface area contributed by atoms with Crippen LogP contribution in [0.4, 0.5) is 13.2 Å². The molecule has 0 aliphatic carbocycles. The molecule has 27 heavy (non-hydrogen) atoms. The quantitative estimate of drug-likeness (QED) is 0.732. The predicted octanol–water partition coefficient (Wildman–Crippen LogP) is 3.52. The summed E-state index contributed by atoms with van der Waals surface area (Å²) in [5.41, 5.74) is 1.53. The predicted molar refractivity (Wildman–Crippen MR) is 92.9 cm³/mol. The van der Waals surface area contributed by atoms with Crippen molar-refractivity contribution < 1.29 is 17.9 Å². The first-order valence-electron chi connectivity index (χ1n) is 8.31. The van der Waals surface area contributed by atoms with E-state index in [1.165, 1.54) is 23.7 Å². The van der Waals surface area contributed by atoms with E-state index in [-0.39, 0.29) is 6.04 Å². The lowest BCUT2D eigenvalue weighted by Crippen LogP contribution is -2.39. The number of rotatable bonds is 4. The molecule has 0 amide bonds. The Labute approximate surface area is 157 Å². The number of nitrogens with zero attached hydrogens (tertiary/aromatic N) is 4. The number of benzene rings is 1. The Bertz CT molecular complexity index is 879. The van der Waals surface area contributed by atoms with Gasteiger partial charge in [-0.15, -0.1) is 5.10 Å². The minimum Gasteiger partial charge on any atom is -0.378 e. The van der Waals surface area contributed by atoms with Gasteiger partial charge in [-0.1, -0.05) is 16.6 Å². The van der Waals surface area contributed by atoms with Crippen LogP contribution in [-0.2, 0) is 17.5 Å². The van der Waals surface area contributed by atoms with Crippen LogP contribution in [0.25, 0.3) is 11.3 Å². The second kappa shape index (κ2) is 7.37. The van der Waals surface area contributed by atoms with Gasteiger partial charge in [0, 0.05) is 18.5 Å². The molecule has 0 bridgehead atoms. The Kier molecular flexibility index (Phi) is 4.94. The van der Waals surface area contributed by atoms with Crippen molar-refractivity contribution in [2.45, 2.75) is 18.8 Å². The molecule has 10 heteroatoms. The second-order valence-electron chi connectivity index (χ2n) is 6.21. The van der Waals surface area contributed by atoms with Crippen molar-refractivity contribution in [3.8, 4) is 11.3 Å². The number of alkyl halides is 3. The number of morpholine rings is 1. The van der Waals surface area contributed by atoms with Gasteiger partial charge in [-0.3, -0.25) is 4.90 Å². The van der Waals surface area contributed by atoms with E-state index < -0.39 is 11.7 Å². The normalized spacial score (nSPS) is 18.7. The fourth-order valence-electron chi connectivity index (χ4n) is 3.03. The van der Waals surface area contributed by atoms with Gasteiger partial charge in [-0.25, -0.2) is 4.98 Å². The van der Waals surface area contributed by atoms with Crippen molar-refractivity contribution in [2.24, 2.45) is 0 Å². The topological polar surface area (TPSA) is 66.9 Å². The van der Waals surface area contributed by atoms with Crippen molar-refractivity contribution in [3.05, 3.63) is 52.9 Å². The van der Waals surface area contributed by atoms with Gasteiger partial charge in [0.2, 0.25) is 0 Å². The van der Waals surface area contributed by atoms with Crippen LogP contribution < -0.4 is 0 Å². The first kappa shape index (κ1) is 18.1. The Balaban J connectivity index is 1.53. The number of H-pyrrole nitrogens is 1. The third-order valence-corrected chi connectivity index (χ3v) is 5.00. The van der Waals surface area contributed by atoms with Crippen LogP contribution in [0.2, 0.25) is 0 Å². The summed E-state index contributed by atoms with van der Waals surface area (Å²) < 4.78 is 47.6. The number of aromatic amines is 1. The highest BCUT2D eigenvalue weighted by Crippen LogP contribution is 2.31. The third kappa shape index (κ3) is 4.02. The summed E-state index contributed by atoms with van der Waals surface area (Å²) in [6.45, 7) is 2.48. The lowest BCUT2D eigenvalue weighted by molar-refractivity contribution is -0.137. The van der Waals surface area contributed by atoms with Crippen molar-refractivity contribution in [1.29, 1.82) is 0 Å². The largest absolute Gasteiger partial charge is 0.416 e. The SMILES string of the molecule is FC(F)(F)c1ccc(-c2cnc(C3COCCN3Cc3csnn3)[nH]2)cc1. The van der Waals surface area contributed by atoms with Crippen molar-refractivity contribution in [3.63, 3.8) is 0 Å². The summed E-state index contributed by atoms with van der Waals surface area (Å²) in [4.78, 5) is 9.86. The molecular formula is C17H16F3N5OS. The average Bonchev–Trinajstić information content (AvgIpc) is 3.34. The molecule has 1 atom stereocenters. The van der Waals surface area contributed by atoms with E-state index in [0.29, 0.717) is 36.8 Å². The van der Waals surface area contributed by atoms with E-state index in [9.17, 15) is 13.2 Å². The molecule has 3 heterocycles. The van der Waals surface area contributed by atoms with E-state index in [2.05, 4.69) is 24.5 Å². The maximum atomic E-state index is 12.7. The molecule has 0 saturated carbocycles. The van der Waals surface area contributed by atoms with Crippen LogP contribution in [0.5, 0.6) is 0 Å². The maximum absolute atomic E-state index is 12.7. The van der Waals surface area contributed by atoms with E-state index in [0.717, 1.165) is 24.4 Å². The first-order valence-corrected chi connectivity index (χ1v) is 9.14. The molecule has 0 spiro atoms. The van der Waals surface area contributed by atoms with Crippen LogP contribution >= 0.6 is 11.5 Å². The number of aromatic nitrogens is 4. The highest BCUT2D eigenvalue weighted by atomic mass is 32.1. The number of hydrogen-bond acceptors (Lipinski definition) is 6. The third-order valence-electron chi connectivity index (χ3n) is 4.44. The smallest absolute Gasteiger partial charge is 0.378 e. The molecule has 1 saturated heterocycles. The van der Waals surface area contributed by atoms with Gasteiger partial charge in [0.15, 0.2) is 0 Å². The van der Waals surface area contributed by atoms with Gasteiger partial charge < -0.3 is 9.72 Å². The lowest BCUT2D eigenvalue weighted by Gasteiger charge is -2.33. The molecule has 1 fully saturated rings. The van der Waals surface area contributed by atoms with Crippen molar-refractivity contribution in [2.75, 3.05) is 19.8 Å². The molecule has 1 aromatic carbocycles. The monoisotopic (exact) mass is 395 g/mol. The number of hydrogen-bond donors (Lipinski definition) is 1. The minimum absolute atomic E-state index is 0.0800. The summed E-state index contributed by atoms with van der Waals surface area (Å²) in [5.74, 6) is 0.716. The molecule has 142 valence electrons. The van der Waals surface area contributed by atoms with Crippen LogP contribution in [0.15, 0.2) is 35.8 Å². The zero-order valence-corrected chi connectivity index (χ0v) is 14.9. The Morgan fingerprint density at radius 1 is 1.26 bits per heavy atom. The first-order chi connectivity index (χ1) is 13.0. The van der Waals surface area contributed by atoms with Gasteiger partial charge in [0.1, 0.15) is 5.82 Å². The molecule has 3 aromatic rings. The van der Waals surface area contributed by atoms with Gasteiger partial charge in [0.25, 0.3) is 0 Å². The molecular weight excluding hydrogens is 379 g/mol. The number of ether oxygens (including phenoxy) is 1. The zero-order chi connectivity index (χ0) is 18.9. The Morgan fingerprint density at radius 3 is 2.78 bits per heavy atom. The van der Waals surface area contributed by atoms with E-state index in [4.69, 9.17) is 4.74 Å².